The van der Waals surface area contributed by atoms with E-state index < -0.39 is 71.3 Å². The molecule has 1 N–H and O–H groups in total. The SMILES string of the molecule is Cc1ccc(-c2cc(C(F)(F)F)nn2-c2ccc(S(=O)(=O)NC(=O)CCC(=O)OC3CN([N+]([O-])=NOC(C)OC(=O)OC(C)C)C3)cc2)cc1. The molecule has 0 bridgehead atoms. The van der Waals surface area contributed by atoms with E-state index in [1.54, 1.807) is 38.1 Å². The molecule has 16 nitrogen and oxygen atoms in total. The van der Waals surface area contributed by atoms with Crippen LogP contribution in [0.15, 0.2) is 64.8 Å². The molecule has 0 saturated carbocycles. The number of aromatic nitrogens is 2. The standard InChI is InChI=1S/C30H33F3N6O10S/c1-18(2)46-29(42)47-20(4)49-36-39(43)37-16-23(17-37)48-28(41)14-13-27(40)35-50(44,45)24-11-9-22(10-12-24)38-25(15-26(34-38)30(31,32)33)21-7-5-19(3)6-8-21/h5-12,15,18,20,23H,13-14,16-17H2,1-4H3,(H,35,40). The Kier molecular flexibility index (Phi) is 11.6. The van der Waals surface area contributed by atoms with Gasteiger partial charge in [0.2, 0.25) is 11.2 Å². The van der Waals surface area contributed by atoms with Gasteiger partial charge >= 0.3 is 18.3 Å². The summed E-state index contributed by atoms with van der Waals surface area (Å²) < 4.78 is 83.6. The average Bonchev–Trinajstić information content (AvgIpc) is 3.47. The Morgan fingerprint density at radius 1 is 1.04 bits per heavy atom. The van der Waals surface area contributed by atoms with E-state index in [0.29, 0.717) is 5.56 Å². The number of hydrogen-bond donors (Lipinski definition) is 1. The first-order valence-corrected chi connectivity index (χ1v) is 16.5. The number of amides is 1. The molecule has 1 atom stereocenters. The zero-order valence-electron chi connectivity index (χ0n) is 27.1. The van der Waals surface area contributed by atoms with Gasteiger partial charge in [0.05, 0.1) is 33.8 Å². The second-order valence-corrected chi connectivity index (χ2v) is 12.9. The van der Waals surface area contributed by atoms with Gasteiger partial charge in [-0.25, -0.2) is 22.6 Å². The summed E-state index contributed by atoms with van der Waals surface area (Å²) in [6.07, 6.45) is -9.13. The molecule has 1 fully saturated rings. The number of nitrogens with one attached hydrogen (secondary N) is 1. The summed E-state index contributed by atoms with van der Waals surface area (Å²) in [4.78, 5) is 40.4. The fraction of sp³-hybridized carbons (Fsp3) is 0.400. The molecule has 1 aromatic heterocycles. The maximum atomic E-state index is 13.5. The van der Waals surface area contributed by atoms with Crippen LogP contribution in [-0.4, -0.2) is 77.8 Å². The van der Waals surface area contributed by atoms with Crippen molar-refractivity contribution in [3.8, 4) is 16.9 Å². The van der Waals surface area contributed by atoms with Gasteiger partial charge in [-0.05, 0) is 51.1 Å². The van der Waals surface area contributed by atoms with E-state index in [0.717, 1.165) is 33.5 Å². The summed E-state index contributed by atoms with van der Waals surface area (Å²) >= 11 is 0. The molecular weight excluding hydrogens is 693 g/mol. The number of aryl methyl sites for hydroxylation is 1. The monoisotopic (exact) mass is 726 g/mol. The number of rotatable bonds is 13. The molecule has 270 valence electrons. The van der Waals surface area contributed by atoms with Gasteiger partial charge in [-0.2, -0.15) is 18.3 Å². The van der Waals surface area contributed by atoms with Gasteiger partial charge < -0.3 is 19.4 Å². The number of hydrazine groups is 1. The first-order chi connectivity index (χ1) is 23.4. The zero-order chi connectivity index (χ0) is 36.8. The number of nitrogens with zero attached hydrogens (tertiary/aromatic N) is 5. The van der Waals surface area contributed by atoms with E-state index in [4.69, 9.17) is 19.0 Å². The third-order valence-electron chi connectivity index (χ3n) is 6.77. The third-order valence-corrected chi connectivity index (χ3v) is 8.16. The van der Waals surface area contributed by atoms with Crippen molar-refractivity contribution in [1.82, 2.24) is 19.5 Å². The summed E-state index contributed by atoms with van der Waals surface area (Å²) in [5.74, 6) is -1.84. The molecule has 0 spiro atoms. The number of sulfonamides is 1. The Labute approximate surface area is 283 Å². The van der Waals surface area contributed by atoms with Gasteiger partial charge in [-0.3, -0.25) is 14.4 Å². The molecule has 1 aliphatic rings. The lowest BCUT2D eigenvalue weighted by Gasteiger charge is -2.33. The Morgan fingerprint density at radius 2 is 1.68 bits per heavy atom. The van der Waals surface area contributed by atoms with Gasteiger partial charge in [-0.15, -0.1) is 5.01 Å². The third kappa shape index (κ3) is 10.1. The molecular formula is C30H33F3N6O10S. The largest absolute Gasteiger partial charge is 0.569 e. The summed E-state index contributed by atoms with van der Waals surface area (Å²) in [5.41, 5.74) is 0.467. The molecule has 0 aliphatic carbocycles. The normalized spacial score (nSPS) is 14.5. The molecule has 1 saturated heterocycles. The Bertz CT molecular complexity index is 1820. The molecule has 50 heavy (non-hydrogen) atoms. The first-order valence-electron chi connectivity index (χ1n) is 15.0. The van der Waals surface area contributed by atoms with Gasteiger partial charge in [0.15, 0.2) is 5.69 Å². The Balaban J connectivity index is 1.26. The van der Waals surface area contributed by atoms with Gasteiger partial charge in [0.25, 0.3) is 16.3 Å². The number of esters is 1. The second-order valence-electron chi connectivity index (χ2n) is 11.2. The molecule has 3 aromatic rings. The van der Waals surface area contributed by atoms with Crippen molar-refractivity contribution in [1.29, 1.82) is 0 Å². The quantitative estimate of drug-likeness (QED) is 0.0860. The minimum atomic E-state index is -4.73. The van der Waals surface area contributed by atoms with E-state index in [2.05, 4.69) is 10.4 Å². The highest BCUT2D eigenvalue weighted by Gasteiger charge is 2.37. The fourth-order valence-electron chi connectivity index (χ4n) is 4.30. The van der Waals surface area contributed by atoms with Crippen LogP contribution >= 0.6 is 0 Å². The molecule has 4 rings (SSSR count). The van der Waals surface area contributed by atoms with Crippen molar-refractivity contribution in [2.45, 2.75) is 70.1 Å². The highest BCUT2D eigenvalue weighted by Crippen LogP contribution is 2.33. The zero-order valence-corrected chi connectivity index (χ0v) is 27.9. The molecule has 0 radical (unpaired) electrons. The first kappa shape index (κ1) is 37.4. The fourth-order valence-corrected chi connectivity index (χ4v) is 5.31. The van der Waals surface area contributed by atoms with Crippen molar-refractivity contribution >= 4 is 28.1 Å². The molecule has 1 aliphatic heterocycles. The summed E-state index contributed by atoms with van der Waals surface area (Å²) in [6.45, 7) is 6.23. The van der Waals surface area contributed by atoms with Crippen LogP contribution in [0.25, 0.3) is 16.9 Å². The lowest BCUT2D eigenvalue weighted by molar-refractivity contribution is -0.728. The number of hydrogen-bond acceptors (Lipinski definition) is 12. The Morgan fingerprint density at radius 3 is 2.28 bits per heavy atom. The molecule has 2 heterocycles. The van der Waals surface area contributed by atoms with Gasteiger partial charge in [-0.1, -0.05) is 29.8 Å². The molecule has 1 unspecified atom stereocenters. The second kappa shape index (κ2) is 15.4. The van der Waals surface area contributed by atoms with Crippen molar-refractivity contribution in [3.63, 3.8) is 0 Å². The lowest BCUT2D eigenvalue weighted by Crippen LogP contribution is -2.55. The van der Waals surface area contributed by atoms with Crippen molar-refractivity contribution in [2.24, 2.45) is 5.28 Å². The van der Waals surface area contributed by atoms with E-state index in [1.807, 2.05) is 11.6 Å². The minimum absolute atomic E-state index is 0.0636. The van der Waals surface area contributed by atoms with Crippen LogP contribution in [0.5, 0.6) is 0 Å². The number of benzene rings is 2. The van der Waals surface area contributed by atoms with E-state index in [1.165, 1.54) is 19.1 Å². The maximum absolute atomic E-state index is 13.5. The minimum Gasteiger partial charge on any atom is -0.569 e. The van der Waals surface area contributed by atoms with Crippen LogP contribution in [0.4, 0.5) is 18.0 Å². The number of carbonyl (C=O) groups is 3. The van der Waals surface area contributed by atoms with Crippen molar-refractivity contribution < 1.29 is 60.0 Å². The number of ether oxygens (including phenoxy) is 3. The predicted octanol–water partition coefficient (Wildman–Crippen LogP) is 4.40. The average molecular weight is 727 g/mol. The van der Waals surface area contributed by atoms with Crippen LogP contribution in [0.3, 0.4) is 0 Å². The highest BCUT2D eigenvalue weighted by atomic mass is 32.2. The van der Waals surface area contributed by atoms with Gasteiger partial charge in [0, 0.05) is 18.9 Å². The Hall–Kier alpha value is -5.40. The lowest BCUT2D eigenvalue weighted by atomic mass is 10.1. The van der Waals surface area contributed by atoms with E-state index in [9.17, 15) is 41.2 Å². The molecule has 1 amide bonds. The topological polar surface area (TPSA) is 194 Å². The van der Waals surface area contributed by atoms with Gasteiger partial charge in [0.1, 0.15) is 19.2 Å². The number of halogens is 3. The summed E-state index contributed by atoms with van der Waals surface area (Å²) in [6, 6.07) is 12.3. The molecule has 20 heteroatoms. The van der Waals surface area contributed by atoms with Crippen molar-refractivity contribution in [3.05, 3.63) is 71.1 Å². The van der Waals surface area contributed by atoms with Crippen LogP contribution in [0.2, 0.25) is 0 Å². The smallest absolute Gasteiger partial charge is 0.511 e. The van der Waals surface area contributed by atoms with Crippen LogP contribution in [-0.2, 0) is 44.8 Å². The van der Waals surface area contributed by atoms with Crippen molar-refractivity contribution in [2.75, 3.05) is 13.1 Å². The summed E-state index contributed by atoms with van der Waals surface area (Å²) in [5, 5.41) is 20.0. The summed E-state index contributed by atoms with van der Waals surface area (Å²) in [7, 11) is -4.41. The van der Waals surface area contributed by atoms with Crippen LogP contribution in [0.1, 0.15) is 44.9 Å². The maximum Gasteiger partial charge on any atom is 0.511 e. The van der Waals surface area contributed by atoms with Crippen LogP contribution in [0, 0.1) is 12.1 Å². The highest BCUT2D eigenvalue weighted by molar-refractivity contribution is 7.90. The predicted molar refractivity (Wildman–Crippen MR) is 164 cm³/mol. The number of carbonyl (C=O) groups excluding carboxylic acids is 3. The van der Waals surface area contributed by atoms with E-state index >= 15 is 0 Å². The number of alkyl halides is 3. The molecule has 2 aromatic carbocycles. The van der Waals surface area contributed by atoms with E-state index in [-0.39, 0.29) is 34.3 Å². The van der Waals surface area contributed by atoms with Crippen LogP contribution < -0.4 is 4.72 Å².